The lowest BCUT2D eigenvalue weighted by Crippen LogP contribution is -2.29. The number of benzene rings is 3. The molecule has 3 aromatic rings. The van der Waals surface area contributed by atoms with E-state index in [4.69, 9.17) is 9.47 Å². The number of fused-ring (bicyclic) bond motifs is 3. The lowest BCUT2D eigenvalue weighted by molar-refractivity contribution is 0.294. The Labute approximate surface area is 202 Å². The molecule has 0 spiro atoms. The van der Waals surface area contributed by atoms with E-state index >= 15 is 0 Å². The van der Waals surface area contributed by atoms with E-state index in [9.17, 15) is 0 Å². The van der Waals surface area contributed by atoms with E-state index in [-0.39, 0.29) is 0 Å². The van der Waals surface area contributed by atoms with Crippen molar-refractivity contribution in [3.8, 4) is 11.5 Å². The van der Waals surface area contributed by atoms with Crippen molar-refractivity contribution in [3.05, 3.63) is 95.1 Å². The quantitative estimate of drug-likeness (QED) is 0.301. The summed E-state index contributed by atoms with van der Waals surface area (Å²) in [5.41, 5.74) is 7.22. The van der Waals surface area contributed by atoms with Gasteiger partial charge < -0.3 is 14.8 Å². The Morgan fingerprint density at radius 3 is 2.68 bits per heavy atom. The highest BCUT2D eigenvalue weighted by Gasteiger charge is 2.37. The van der Waals surface area contributed by atoms with Crippen LogP contribution < -0.4 is 14.8 Å². The van der Waals surface area contributed by atoms with Gasteiger partial charge in [-0.05, 0) is 78.8 Å². The van der Waals surface area contributed by atoms with Crippen molar-refractivity contribution in [2.75, 3.05) is 19.0 Å². The molecule has 2 aliphatic rings. The summed E-state index contributed by atoms with van der Waals surface area (Å²) < 4.78 is 11.2. The number of hydrogen-bond acceptors (Lipinski definition) is 4. The molecular weight excluding hydrogens is 420 g/mol. The predicted molar refractivity (Wildman–Crippen MR) is 140 cm³/mol. The number of hydrogen-bond donors (Lipinski definition) is 1. The monoisotopic (exact) mass is 452 g/mol. The second-order valence-electron chi connectivity index (χ2n) is 9.17. The maximum Gasteiger partial charge on any atom is 0.161 e. The first-order valence-electron chi connectivity index (χ1n) is 12.1. The van der Waals surface area contributed by atoms with Gasteiger partial charge in [-0.15, -0.1) is 0 Å². The van der Waals surface area contributed by atoms with Crippen molar-refractivity contribution in [1.82, 2.24) is 0 Å². The minimum absolute atomic E-state index is 0.299. The Bertz CT molecular complexity index is 1210. The number of allylic oxidation sites excluding steroid dienone is 2. The van der Waals surface area contributed by atoms with Gasteiger partial charge in [0, 0.05) is 17.8 Å². The van der Waals surface area contributed by atoms with Gasteiger partial charge in [0.1, 0.15) is 0 Å². The topological polar surface area (TPSA) is 42.8 Å². The zero-order valence-corrected chi connectivity index (χ0v) is 20.1. The number of aliphatic imine (C=N–C) groups is 1. The van der Waals surface area contributed by atoms with Crippen LogP contribution in [0.5, 0.6) is 11.5 Å². The molecule has 0 bridgehead atoms. The Balaban J connectivity index is 1.32. The number of anilines is 1. The average Bonchev–Trinajstić information content (AvgIpc) is 3.37. The summed E-state index contributed by atoms with van der Waals surface area (Å²) in [4.78, 5) is 4.69. The molecule has 3 aromatic carbocycles. The van der Waals surface area contributed by atoms with Crippen LogP contribution in [0.1, 0.15) is 54.0 Å². The number of ether oxygens (including phenoxy) is 2. The highest BCUT2D eigenvalue weighted by atomic mass is 16.5. The van der Waals surface area contributed by atoms with E-state index in [1.54, 1.807) is 7.11 Å². The fraction of sp³-hybridized carbons (Fsp3) is 0.300. The molecule has 0 unspecified atom stereocenters. The highest BCUT2D eigenvalue weighted by molar-refractivity contribution is 5.83. The van der Waals surface area contributed by atoms with E-state index < -0.39 is 0 Å². The second-order valence-corrected chi connectivity index (χ2v) is 9.17. The van der Waals surface area contributed by atoms with E-state index in [0.29, 0.717) is 24.5 Å². The Hall–Kier alpha value is -3.53. The summed E-state index contributed by atoms with van der Waals surface area (Å²) in [5, 5.41) is 3.82. The summed E-state index contributed by atoms with van der Waals surface area (Å²) >= 11 is 0. The number of aryl methyl sites for hydroxylation is 1. The van der Waals surface area contributed by atoms with Gasteiger partial charge in [-0.1, -0.05) is 48.9 Å². The Kier molecular flexibility index (Phi) is 6.39. The van der Waals surface area contributed by atoms with Crippen LogP contribution in [0.4, 0.5) is 11.4 Å². The Morgan fingerprint density at radius 2 is 1.88 bits per heavy atom. The lowest BCUT2D eigenvalue weighted by Gasteiger charge is -2.37. The van der Waals surface area contributed by atoms with Crippen LogP contribution in [-0.4, -0.2) is 19.9 Å². The van der Waals surface area contributed by atoms with Gasteiger partial charge in [0.05, 0.1) is 25.4 Å². The highest BCUT2D eigenvalue weighted by Crippen LogP contribution is 2.50. The molecule has 5 rings (SSSR count). The van der Waals surface area contributed by atoms with Crippen LogP contribution in [0.2, 0.25) is 0 Å². The molecule has 1 N–H and O–H groups in total. The maximum atomic E-state index is 5.74. The number of rotatable bonds is 7. The van der Waals surface area contributed by atoms with Gasteiger partial charge in [-0.3, -0.25) is 4.99 Å². The first-order valence-corrected chi connectivity index (χ1v) is 12.1. The molecule has 0 saturated carbocycles. The smallest absolute Gasteiger partial charge is 0.161 e. The SMILES string of the molecule is CCCOc1ccc(C=Nc2ccc([C@@H]3Nc4ccc(C)cc4[C@@H]4C=CC[C@H]43)cc2)cc1OC. The standard InChI is InChI=1S/C30H32N2O2/c1-4-16-34-28-15-9-21(18-29(28)33-3)19-31-23-12-10-22(11-13-23)30-25-7-5-6-24(25)26-17-20(2)8-14-27(26)32-30/h5-6,8-15,17-19,24-25,30,32H,4,7,16H2,1-3H3/t24-,25-,30+/m1/s1. The largest absolute Gasteiger partial charge is 0.493 e. The molecule has 0 fully saturated rings. The van der Waals surface area contributed by atoms with E-state index in [1.165, 1.54) is 22.4 Å². The van der Waals surface area contributed by atoms with Gasteiger partial charge in [-0.2, -0.15) is 0 Å². The van der Waals surface area contributed by atoms with Crippen molar-refractivity contribution in [1.29, 1.82) is 0 Å². The average molecular weight is 453 g/mol. The molecule has 1 aliphatic heterocycles. The molecule has 4 nitrogen and oxygen atoms in total. The molecule has 0 radical (unpaired) electrons. The molecule has 3 atom stereocenters. The van der Waals surface area contributed by atoms with Gasteiger partial charge in [0.2, 0.25) is 0 Å². The van der Waals surface area contributed by atoms with Crippen molar-refractivity contribution in [2.24, 2.45) is 10.9 Å². The summed E-state index contributed by atoms with van der Waals surface area (Å²) in [6.07, 6.45) is 8.67. The van der Waals surface area contributed by atoms with Crippen LogP contribution in [0.25, 0.3) is 0 Å². The van der Waals surface area contributed by atoms with Crippen molar-refractivity contribution in [3.63, 3.8) is 0 Å². The van der Waals surface area contributed by atoms with Crippen LogP contribution in [0.15, 0.2) is 77.8 Å². The Morgan fingerprint density at radius 1 is 1.03 bits per heavy atom. The molecule has 0 saturated heterocycles. The van der Waals surface area contributed by atoms with Crippen molar-refractivity contribution in [2.45, 2.75) is 38.6 Å². The van der Waals surface area contributed by atoms with Gasteiger partial charge in [-0.25, -0.2) is 0 Å². The minimum atomic E-state index is 0.299. The van der Waals surface area contributed by atoms with Crippen molar-refractivity contribution >= 4 is 17.6 Å². The fourth-order valence-electron chi connectivity index (χ4n) is 5.06. The molecular formula is C30H32N2O2. The number of methoxy groups -OCH3 is 1. The van der Waals surface area contributed by atoms with Gasteiger partial charge in [0.15, 0.2) is 11.5 Å². The number of nitrogens with one attached hydrogen (secondary N) is 1. The summed E-state index contributed by atoms with van der Waals surface area (Å²) in [6, 6.07) is 21.6. The normalized spacial score (nSPS) is 20.6. The first-order chi connectivity index (χ1) is 16.7. The molecule has 1 aliphatic carbocycles. The molecule has 0 amide bonds. The third-order valence-corrected chi connectivity index (χ3v) is 6.78. The maximum absolute atomic E-state index is 5.74. The molecule has 1 heterocycles. The minimum Gasteiger partial charge on any atom is -0.493 e. The van der Waals surface area contributed by atoms with Gasteiger partial charge in [0.25, 0.3) is 0 Å². The summed E-state index contributed by atoms with van der Waals surface area (Å²) in [6.45, 7) is 4.94. The molecule has 174 valence electrons. The summed E-state index contributed by atoms with van der Waals surface area (Å²) in [5.74, 6) is 2.52. The summed E-state index contributed by atoms with van der Waals surface area (Å²) in [7, 11) is 1.66. The zero-order valence-electron chi connectivity index (χ0n) is 20.1. The molecule has 0 aromatic heterocycles. The third-order valence-electron chi connectivity index (χ3n) is 6.78. The van der Waals surface area contributed by atoms with E-state index in [0.717, 1.165) is 35.6 Å². The molecule has 4 heteroatoms. The van der Waals surface area contributed by atoms with E-state index in [1.807, 2.05) is 24.4 Å². The number of nitrogens with zero attached hydrogens (tertiary/aromatic N) is 1. The molecule has 34 heavy (non-hydrogen) atoms. The van der Waals surface area contributed by atoms with Crippen molar-refractivity contribution < 1.29 is 9.47 Å². The second kappa shape index (κ2) is 9.76. The third kappa shape index (κ3) is 4.45. The van der Waals surface area contributed by atoms with Crippen LogP contribution in [0.3, 0.4) is 0 Å². The lowest BCUT2D eigenvalue weighted by atomic mass is 9.76. The predicted octanol–water partition coefficient (Wildman–Crippen LogP) is 7.37. The van der Waals surface area contributed by atoms with Gasteiger partial charge >= 0.3 is 0 Å². The van der Waals surface area contributed by atoms with Crippen LogP contribution >= 0.6 is 0 Å². The zero-order chi connectivity index (χ0) is 23.5. The first kappa shape index (κ1) is 22.3. The van der Waals surface area contributed by atoms with E-state index in [2.05, 4.69) is 78.8 Å². The fourth-order valence-corrected chi connectivity index (χ4v) is 5.06. The van der Waals surface area contributed by atoms with Crippen LogP contribution in [-0.2, 0) is 0 Å². The van der Waals surface area contributed by atoms with Crippen LogP contribution in [0, 0.1) is 12.8 Å².